The quantitative estimate of drug-likeness (QED) is 0.336. The van der Waals surface area contributed by atoms with Gasteiger partial charge in [-0.1, -0.05) is 36.4 Å². The van der Waals surface area contributed by atoms with Crippen molar-refractivity contribution in [1.29, 1.82) is 0 Å². The van der Waals surface area contributed by atoms with Gasteiger partial charge in [0.15, 0.2) is 5.78 Å². The Balaban J connectivity index is 0.00000254. The molecule has 24 heavy (non-hydrogen) atoms. The van der Waals surface area contributed by atoms with E-state index in [0.717, 1.165) is 38.4 Å². The van der Waals surface area contributed by atoms with Crippen molar-refractivity contribution in [3.63, 3.8) is 0 Å². The van der Waals surface area contributed by atoms with Crippen molar-refractivity contribution >= 4 is 34.1 Å². The van der Waals surface area contributed by atoms with Gasteiger partial charge in [0, 0.05) is 30.9 Å². The Bertz CT molecular complexity index is 443. The Morgan fingerprint density at radius 1 is 1.00 bits per heavy atom. The summed E-state index contributed by atoms with van der Waals surface area (Å²) < 4.78 is 0. The maximum absolute atomic E-state index is 12.3. The number of aliphatic hydroxyl groups is 1. The standard InChI is InChI=1S/C18H30N2O2.CH3I/c1-5-19(6-2)14-13-17(21)18(22)15-9-11-16(12-10-15)20(7-3)8-4;1-2/h9-12,17,21H,5-8,13-14H2,1-4H3;1H3. The smallest absolute Gasteiger partial charge is 0.191 e. The number of nitrogens with zero attached hydrogens (tertiary/aromatic N) is 2. The van der Waals surface area contributed by atoms with Crippen LogP contribution in [0.5, 0.6) is 0 Å². The van der Waals surface area contributed by atoms with E-state index in [1.54, 1.807) is 0 Å². The van der Waals surface area contributed by atoms with Gasteiger partial charge in [0.05, 0.1) is 0 Å². The number of carbonyl (C=O) groups excluding carboxylic acids is 1. The number of hydrogen-bond donors (Lipinski definition) is 1. The first kappa shape index (κ1) is 23.3. The fourth-order valence-corrected chi connectivity index (χ4v) is 2.59. The first-order valence-corrected chi connectivity index (χ1v) is 10.9. The van der Waals surface area contributed by atoms with E-state index in [9.17, 15) is 9.90 Å². The number of aliphatic hydroxyl groups excluding tert-OH is 1. The topological polar surface area (TPSA) is 43.8 Å². The summed E-state index contributed by atoms with van der Waals surface area (Å²) in [6.07, 6.45) is -0.432. The molecule has 4 nitrogen and oxygen atoms in total. The minimum atomic E-state index is -0.917. The van der Waals surface area contributed by atoms with E-state index in [1.807, 2.05) is 29.2 Å². The van der Waals surface area contributed by atoms with Crippen LogP contribution < -0.4 is 4.90 Å². The molecule has 5 heteroatoms. The normalized spacial score (nSPS) is 11.7. The van der Waals surface area contributed by atoms with E-state index in [4.69, 9.17) is 0 Å². The van der Waals surface area contributed by atoms with Crippen molar-refractivity contribution in [1.82, 2.24) is 4.90 Å². The van der Waals surface area contributed by atoms with Crippen molar-refractivity contribution in [2.24, 2.45) is 0 Å². The van der Waals surface area contributed by atoms with Gasteiger partial charge in [-0.05, 0) is 62.6 Å². The van der Waals surface area contributed by atoms with Gasteiger partial charge in [0.2, 0.25) is 0 Å². The number of ketones is 1. The third-order valence-electron chi connectivity index (χ3n) is 4.20. The summed E-state index contributed by atoms with van der Waals surface area (Å²) in [5.41, 5.74) is 1.70. The van der Waals surface area contributed by atoms with Crippen LogP contribution in [0.15, 0.2) is 24.3 Å². The number of benzene rings is 1. The fourth-order valence-electron chi connectivity index (χ4n) is 2.59. The predicted molar refractivity (Wildman–Crippen MR) is 113 cm³/mol. The minimum absolute atomic E-state index is 0.182. The van der Waals surface area contributed by atoms with Gasteiger partial charge in [-0.15, -0.1) is 0 Å². The fraction of sp³-hybridized carbons (Fsp3) is 0.632. The number of rotatable bonds is 10. The number of halogens is 1. The van der Waals surface area contributed by atoms with E-state index < -0.39 is 6.10 Å². The molecule has 1 atom stereocenters. The van der Waals surface area contributed by atoms with Crippen molar-refractivity contribution in [2.45, 2.75) is 40.2 Å². The molecule has 1 rings (SSSR count). The lowest BCUT2D eigenvalue weighted by Gasteiger charge is -2.21. The second-order valence-electron chi connectivity index (χ2n) is 5.41. The Morgan fingerprint density at radius 3 is 1.92 bits per heavy atom. The minimum Gasteiger partial charge on any atom is -0.385 e. The molecular formula is C19H33IN2O2. The Kier molecular flexibility index (Phi) is 13.2. The van der Waals surface area contributed by atoms with Crippen LogP contribution in [0.2, 0.25) is 0 Å². The van der Waals surface area contributed by atoms with Crippen LogP contribution in [0, 0.1) is 0 Å². The molecule has 0 aliphatic carbocycles. The molecule has 0 radical (unpaired) electrons. The summed E-state index contributed by atoms with van der Waals surface area (Å²) in [6, 6.07) is 7.54. The summed E-state index contributed by atoms with van der Waals surface area (Å²) >= 11 is 2.15. The van der Waals surface area contributed by atoms with Gasteiger partial charge in [-0.25, -0.2) is 0 Å². The third-order valence-corrected chi connectivity index (χ3v) is 4.20. The molecule has 0 bridgehead atoms. The van der Waals surface area contributed by atoms with Gasteiger partial charge in [0.1, 0.15) is 6.10 Å². The Morgan fingerprint density at radius 2 is 1.50 bits per heavy atom. The lowest BCUT2D eigenvalue weighted by Crippen LogP contribution is -2.30. The third kappa shape index (κ3) is 7.49. The highest BCUT2D eigenvalue weighted by atomic mass is 127. The zero-order valence-electron chi connectivity index (χ0n) is 15.8. The van der Waals surface area contributed by atoms with Crippen LogP contribution >= 0.6 is 22.6 Å². The number of Topliss-reactive ketones (excluding diaryl/α,β-unsaturated/α-hetero) is 1. The first-order chi connectivity index (χ1) is 11.6. The second-order valence-corrected chi connectivity index (χ2v) is 5.41. The Hall–Kier alpha value is -0.660. The van der Waals surface area contributed by atoms with Crippen molar-refractivity contribution in [3.05, 3.63) is 29.8 Å². The van der Waals surface area contributed by atoms with E-state index in [0.29, 0.717) is 12.0 Å². The lowest BCUT2D eigenvalue weighted by molar-refractivity contribution is 0.0705. The summed E-state index contributed by atoms with van der Waals surface area (Å²) in [5, 5.41) is 10.1. The maximum atomic E-state index is 12.3. The molecule has 0 aromatic heterocycles. The highest BCUT2D eigenvalue weighted by Gasteiger charge is 2.18. The van der Waals surface area contributed by atoms with Gasteiger partial charge < -0.3 is 14.9 Å². The predicted octanol–water partition coefficient (Wildman–Crippen LogP) is 3.86. The van der Waals surface area contributed by atoms with Crippen LogP contribution in [0.25, 0.3) is 0 Å². The van der Waals surface area contributed by atoms with E-state index in [1.165, 1.54) is 0 Å². The highest BCUT2D eigenvalue weighted by Crippen LogP contribution is 2.16. The molecule has 1 aromatic rings. The largest absolute Gasteiger partial charge is 0.385 e. The molecule has 1 aromatic carbocycles. The number of carbonyl (C=O) groups is 1. The molecule has 0 saturated heterocycles. The van der Waals surface area contributed by atoms with Crippen LogP contribution in [-0.4, -0.2) is 59.5 Å². The highest BCUT2D eigenvalue weighted by molar-refractivity contribution is 14.1. The maximum Gasteiger partial charge on any atom is 0.191 e. The van der Waals surface area contributed by atoms with Crippen molar-refractivity contribution in [3.8, 4) is 0 Å². The van der Waals surface area contributed by atoms with Crippen LogP contribution in [0.3, 0.4) is 0 Å². The summed E-state index contributed by atoms with van der Waals surface area (Å²) in [6.45, 7) is 12.9. The molecule has 1 unspecified atom stereocenters. The van der Waals surface area contributed by atoms with E-state index in [2.05, 4.69) is 60.1 Å². The lowest BCUT2D eigenvalue weighted by atomic mass is 10.0. The van der Waals surface area contributed by atoms with Crippen LogP contribution in [-0.2, 0) is 0 Å². The van der Waals surface area contributed by atoms with Crippen LogP contribution in [0.4, 0.5) is 5.69 Å². The monoisotopic (exact) mass is 448 g/mol. The van der Waals surface area contributed by atoms with Gasteiger partial charge in [-0.2, -0.15) is 0 Å². The van der Waals surface area contributed by atoms with Crippen molar-refractivity contribution < 1.29 is 9.90 Å². The average molecular weight is 448 g/mol. The summed E-state index contributed by atoms with van der Waals surface area (Å²) in [7, 11) is 0. The molecule has 1 N–H and O–H groups in total. The SMILES string of the molecule is CCN(CC)CCC(O)C(=O)c1ccc(N(CC)CC)cc1.CI. The summed E-state index contributed by atoms with van der Waals surface area (Å²) in [5.74, 6) is -0.182. The first-order valence-electron chi connectivity index (χ1n) is 8.74. The second kappa shape index (κ2) is 13.6. The van der Waals surface area contributed by atoms with Gasteiger partial charge in [-0.3, -0.25) is 4.79 Å². The molecule has 0 fully saturated rings. The molecule has 0 aliphatic heterocycles. The van der Waals surface area contributed by atoms with Gasteiger partial charge >= 0.3 is 0 Å². The zero-order valence-corrected chi connectivity index (χ0v) is 17.9. The average Bonchev–Trinajstić information content (AvgIpc) is 2.65. The van der Waals surface area contributed by atoms with Crippen molar-refractivity contribution in [2.75, 3.05) is 42.6 Å². The molecule has 0 amide bonds. The number of anilines is 1. The molecule has 0 aliphatic rings. The molecular weight excluding hydrogens is 415 g/mol. The zero-order chi connectivity index (χ0) is 18.5. The Labute approximate surface area is 161 Å². The molecule has 0 spiro atoms. The molecule has 0 saturated carbocycles. The van der Waals surface area contributed by atoms with E-state index >= 15 is 0 Å². The number of alkyl halides is 1. The number of hydrogen-bond acceptors (Lipinski definition) is 4. The van der Waals surface area contributed by atoms with Gasteiger partial charge in [0.25, 0.3) is 0 Å². The van der Waals surface area contributed by atoms with E-state index in [-0.39, 0.29) is 5.78 Å². The molecule has 138 valence electrons. The molecule has 0 heterocycles. The summed E-state index contributed by atoms with van der Waals surface area (Å²) in [4.78, 5) is 18.7. The van der Waals surface area contributed by atoms with Crippen LogP contribution in [0.1, 0.15) is 44.5 Å².